The summed E-state index contributed by atoms with van der Waals surface area (Å²) in [5, 5.41) is 3.34. The maximum absolute atomic E-state index is 3.58. The molecule has 0 bridgehead atoms. The van der Waals surface area contributed by atoms with Crippen LogP contribution in [0.5, 0.6) is 0 Å². The molecule has 0 spiro atoms. The topological polar surface area (TPSA) is 15.3 Å². The summed E-state index contributed by atoms with van der Waals surface area (Å²) < 4.78 is 1.14. The van der Waals surface area contributed by atoms with Gasteiger partial charge in [0.1, 0.15) is 0 Å². The normalized spacial score (nSPS) is 14.2. The zero-order chi connectivity index (χ0) is 14.4. The number of benzene rings is 1. The predicted octanol–water partition coefficient (Wildman–Crippen LogP) is 4.31. The largest absolute Gasteiger partial charge is 0.371 e. The lowest BCUT2D eigenvalue weighted by Gasteiger charge is -2.32. The fraction of sp³-hybridized carbons (Fsp3) is 0.600. The Kier molecular flexibility index (Phi) is 7.26. The molecular weight excluding hydrogens is 320 g/mol. The van der Waals surface area contributed by atoms with Gasteiger partial charge in [0.25, 0.3) is 0 Å². The molecule has 0 aliphatic heterocycles. The first-order chi connectivity index (χ1) is 9.04. The van der Waals surface area contributed by atoms with Crippen molar-refractivity contribution in [2.75, 3.05) is 31.0 Å². The van der Waals surface area contributed by atoms with Crippen molar-refractivity contribution in [1.82, 2.24) is 5.32 Å². The van der Waals surface area contributed by atoms with Crippen molar-refractivity contribution in [3.05, 3.63) is 28.2 Å². The Balaban J connectivity index is 3.10. The molecule has 1 N–H and O–H groups in total. The number of hydrogen-bond acceptors (Lipinski definition) is 3. The average molecular weight is 345 g/mol. The fourth-order valence-corrected chi connectivity index (χ4v) is 3.46. The highest BCUT2D eigenvalue weighted by molar-refractivity contribution is 9.10. The minimum atomic E-state index is 0.349. The molecule has 4 heteroatoms. The van der Waals surface area contributed by atoms with E-state index in [9.17, 15) is 0 Å². The smallest absolute Gasteiger partial charge is 0.0415 e. The quantitative estimate of drug-likeness (QED) is 0.793. The highest BCUT2D eigenvalue weighted by Crippen LogP contribution is 2.30. The second kappa shape index (κ2) is 8.18. The molecule has 2 atom stereocenters. The van der Waals surface area contributed by atoms with E-state index in [1.165, 1.54) is 17.7 Å². The van der Waals surface area contributed by atoms with Crippen LogP contribution >= 0.6 is 27.7 Å². The monoisotopic (exact) mass is 344 g/mol. The summed E-state index contributed by atoms with van der Waals surface area (Å²) in [6, 6.07) is 7.50. The van der Waals surface area contributed by atoms with E-state index in [2.05, 4.69) is 71.5 Å². The third-order valence-corrected chi connectivity index (χ3v) is 4.86. The second-order valence-electron chi connectivity index (χ2n) is 4.84. The third kappa shape index (κ3) is 4.40. The molecule has 1 aromatic carbocycles. The van der Waals surface area contributed by atoms with Crippen LogP contribution in [-0.4, -0.2) is 32.1 Å². The van der Waals surface area contributed by atoms with Gasteiger partial charge in [-0.1, -0.05) is 22.9 Å². The number of thioether (sulfide) groups is 1. The van der Waals surface area contributed by atoms with Gasteiger partial charge >= 0.3 is 0 Å². The summed E-state index contributed by atoms with van der Waals surface area (Å²) in [7, 11) is 4.22. The van der Waals surface area contributed by atoms with Crippen LogP contribution in [0.1, 0.15) is 31.9 Å². The van der Waals surface area contributed by atoms with Gasteiger partial charge in [-0.05, 0) is 50.4 Å². The van der Waals surface area contributed by atoms with Crippen molar-refractivity contribution in [2.24, 2.45) is 0 Å². The number of nitrogens with one attached hydrogen (secondary N) is 1. The summed E-state index contributed by atoms with van der Waals surface area (Å²) in [5.41, 5.74) is 2.67. The maximum atomic E-state index is 3.58. The van der Waals surface area contributed by atoms with Gasteiger partial charge in [-0.25, -0.2) is 0 Å². The molecule has 1 aromatic rings. The first kappa shape index (κ1) is 16.9. The number of nitrogens with zero attached hydrogens (tertiary/aromatic N) is 1. The van der Waals surface area contributed by atoms with Crippen molar-refractivity contribution in [3.8, 4) is 0 Å². The Morgan fingerprint density at radius 3 is 2.63 bits per heavy atom. The Morgan fingerprint density at radius 1 is 1.42 bits per heavy atom. The Hall–Kier alpha value is -0.190. The van der Waals surface area contributed by atoms with Gasteiger partial charge in [0.15, 0.2) is 0 Å². The molecule has 0 radical (unpaired) electrons. The molecule has 108 valence electrons. The van der Waals surface area contributed by atoms with E-state index in [0.717, 1.165) is 10.2 Å². The maximum Gasteiger partial charge on any atom is 0.0415 e. The van der Waals surface area contributed by atoms with Crippen LogP contribution in [0.2, 0.25) is 0 Å². The number of hydrogen-bond donors (Lipinski definition) is 1. The van der Waals surface area contributed by atoms with Crippen LogP contribution in [0.15, 0.2) is 22.7 Å². The lowest BCUT2D eigenvalue weighted by Crippen LogP contribution is -2.34. The van der Waals surface area contributed by atoms with Gasteiger partial charge < -0.3 is 10.2 Å². The molecule has 19 heavy (non-hydrogen) atoms. The summed E-state index contributed by atoms with van der Waals surface area (Å²) >= 11 is 5.49. The molecule has 0 saturated carbocycles. The summed E-state index contributed by atoms with van der Waals surface area (Å²) in [4.78, 5) is 2.42. The van der Waals surface area contributed by atoms with Gasteiger partial charge in [0.05, 0.1) is 0 Å². The van der Waals surface area contributed by atoms with Gasteiger partial charge in [-0.15, -0.1) is 0 Å². The van der Waals surface area contributed by atoms with E-state index in [-0.39, 0.29) is 0 Å². The second-order valence-corrected chi connectivity index (χ2v) is 6.67. The molecular formula is C15H25BrN2S. The summed E-state index contributed by atoms with van der Waals surface area (Å²) in [6.45, 7) is 4.46. The zero-order valence-corrected chi connectivity index (χ0v) is 14.9. The molecule has 0 aliphatic rings. The first-order valence-corrected chi connectivity index (χ1v) is 8.92. The molecule has 0 aliphatic carbocycles. The van der Waals surface area contributed by atoms with Crippen LogP contribution in [0.3, 0.4) is 0 Å². The van der Waals surface area contributed by atoms with Crippen LogP contribution < -0.4 is 10.2 Å². The van der Waals surface area contributed by atoms with Crippen LogP contribution in [0.4, 0.5) is 5.69 Å². The zero-order valence-electron chi connectivity index (χ0n) is 12.5. The molecule has 0 aromatic heterocycles. The molecule has 0 heterocycles. The SMILES string of the molecule is CCC(CSC)N(C)c1ccc(Br)cc1C(C)NC. The Labute approximate surface area is 130 Å². The molecule has 2 nitrogen and oxygen atoms in total. The van der Waals surface area contributed by atoms with E-state index < -0.39 is 0 Å². The molecule has 0 fully saturated rings. The Morgan fingerprint density at radius 2 is 2.11 bits per heavy atom. The summed E-state index contributed by atoms with van der Waals surface area (Å²) in [5.74, 6) is 1.16. The van der Waals surface area contributed by atoms with Crippen molar-refractivity contribution in [1.29, 1.82) is 0 Å². The Bertz CT molecular complexity index is 398. The van der Waals surface area contributed by atoms with E-state index in [1.54, 1.807) is 0 Å². The van der Waals surface area contributed by atoms with Crippen molar-refractivity contribution >= 4 is 33.4 Å². The van der Waals surface area contributed by atoms with Crippen LogP contribution in [0.25, 0.3) is 0 Å². The molecule has 0 saturated heterocycles. The van der Waals surface area contributed by atoms with Gasteiger partial charge in [0.2, 0.25) is 0 Å². The van der Waals surface area contributed by atoms with E-state index in [0.29, 0.717) is 12.1 Å². The number of anilines is 1. The molecule has 0 amide bonds. The standard InChI is InChI=1S/C15H25BrN2S/c1-6-13(10-19-5)18(4)15-8-7-12(16)9-14(15)11(2)17-3/h7-9,11,13,17H,6,10H2,1-5H3. The van der Waals surface area contributed by atoms with Gasteiger partial charge in [0, 0.05) is 35.0 Å². The third-order valence-electron chi connectivity index (χ3n) is 3.65. The lowest BCUT2D eigenvalue weighted by atomic mass is 10.0. The number of rotatable bonds is 7. The first-order valence-electron chi connectivity index (χ1n) is 6.73. The van der Waals surface area contributed by atoms with Crippen LogP contribution in [-0.2, 0) is 0 Å². The average Bonchev–Trinajstić information content (AvgIpc) is 2.43. The van der Waals surface area contributed by atoms with E-state index >= 15 is 0 Å². The van der Waals surface area contributed by atoms with Gasteiger partial charge in [-0.2, -0.15) is 11.8 Å². The number of halogens is 1. The minimum absolute atomic E-state index is 0.349. The van der Waals surface area contributed by atoms with Gasteiger partial charge in [-0.3, -0.25) is 0 Å². The molecule has 2 unspecified atom stereocenters. The van der Waals surface area contributed by atoms with Crippen molar-refractivity contribution in [2.45, 2.75) is 32.4 Å². The highest BCUT2D eigenvalue weighted by Gasteiger charge is 2.18. The summed E-state index contributed by atoms with van der Waals surface area (Å²) in [6.07, 6.45) is 3.34. The highest BCUT2D eigenvalue weighted by atomic mass is 79.9. The van der Waals surface area contributed by atoms with Crippen molar-refractivity contribution in [3.63, 3.8) is 0 Å². The fourth-order valence-electron chi connectivity index (χ4n) is 2.24. The molecule has 1 rings (SSSR count). The van der Waals surface area contributed by atoms with E-state index in [1.807, 2.05) is 18.8 Å². The van der Waals surface area contributed by atoms with Crippen LogP contribution in [0, 0.1) is 0 Å². The van der Waals surface area contributed by atoms with E-state index in [4.69, 9.17) is 0 Å². The minimum Gasteiger partial charge on any atom is -0.371 e. The van der Waals surface area contributed by atoms with Crippen molar-refractivity contribution < 1.29 is 0 Å². The predicted molar refractivity (Wildman–Crippen MR) is 92.5 cm³/mol. The lowest BCUT2D eigenvalue weighted by molar-refractivity contribution is 0.632.